The Morgan fingerprint density at radius 1 is 1.57 bits per heavy atom. The smallest absolute Gasteiger partial charge is 0.119 e. The molecule has 1 aromatic carbocycles. The molecule has 0 radical (unpaired) electrons. The zero-order chi connectivity index (χ0) is 10.2. The minimum absolute atomic E-state index is 0.0657. The van der Waals surface area contributed by atoms with Gasteiger partial charge in [0.25, 0.3) is 0 Å². The fourth-order valence-corrected chi connectivity index (χ4v) is 1.64. The van der Waals surface area contributed by atoms with Gasteiger partial charge in [-0.15, -0.1) is 0 Å². The molecule has 0 bridgehead atoms. The molecule has 0 saturated heterocycles. The van der Waals surface area contributed by atoms with Gasteiger partial charge in [-0.05, 0) is 37.0 Å². The second kappa shape index (κ2) is 3.28. The molecule has 1 aliphatic rings. The van der Waals surface area contributed by atoms with E-state index in [9.17, 15) is 0 Å². The van der Waals surface area contributed by atoms with Crippen molar-refractivity contribution in [1.29, 1.82) is 0 Å². The first-order valence-electron chi connectivity index (χ1n) is 5.08. The minimum Gasteiger partial charge on any atom is -0.492 e. The third-order valence-corrected chi connectivity index (χ3v) is 3.00. The molecule has 76 valence electrons. The quantitative estimate of drug-likeness (QED) is 0.794. The van der Waals surface area contributed by atoms with Crippen molar-refractivity contribution in [2.75, 3.05) is 6.61 Å². The van der Waals surface area contributed by atoms with Crippen LogP contribution in [0.1, 0.15) is 18.9 Å². The first-order chi connectivity index (χ1) is 6.60. The summed E-state index contributed by atoms with van der Waals surface area (Å²) in [6.45, 7) is 4.86. The number of hydrogen-bond donors (Lipinski definition) is 1. The van der Waals surface area contributed by atoms with E-state index in [1.807, 2.05) is 18.2 Å². The molecule has 2 atom stereocenters. The molecule has 1 fully saturated rings. The topological polar surface area (TPSA) is 35.2 Å². The fourth-order valence-electron chi connectivity index (χ4n) is 1.64. The van der Waals surface area contributed by atoms with Gasteiger partial charge in [-0.25, -0.2) is 0 Å². The number of hydrogen-bond acceptors (Lipinski definition) is 2. The van der Waals surface area contributed by atoms with Crippen LogP contribution >= 0.6 is 0 Å². The Morgan fingerprint density at radius 3 is 2.86 bits per heavy atom. The molecule has 2 nitrogen and oxygen atoms in total. The minimum atomic E-state index is -0.0657. The van der Waals surface area contributed by atoms with Crippen molar-refractivity contribution in [3.63, 3.8) is 0 Å². The maximum Gasteiger partial charge on any atom is 0.119 e. The van der Waals surface area contributed by atoms with E-state index in [0.717, 1.165) is 12.2 Å². The van der Waals surface area contributed by atoms with Gasteiger partial charge >= 0.3 is 0 Å². The number of nitrogens with two attached hydrogens (primary N) is 1. The Hall–Kier alpha value is -1.02. The molecule has 2 unspecified atom stereocenters. The van der Waals surface area contributed by atoms with Crippen molar-refractivity contribution >= 4 is 0 Å². The van der Waals surface area contributed by atoms with Gasteiger partial charge in [0.1, 0.15) is 12.4 Å². The van der Waals surface area contributed by atoms with Crippen LogP contribution in [0, 0.1) is 12.8 Å². The van der Waals surface area contributed by atoms with Crippen molar-refractivity contribution in [2.45, 2.75) is 25.8 Å². The number of rotatable bonds is 3. The third-order valence-electron chi connectivity index (χ3n) is 3.00. The molecular weight excluding hydrogens is 174 g/mol. The zero-order valence-electron chi connectivity index (χ0n) is 8.79. The van der Waals surface area contributed by atoms with Crippen LogP contribution in [0.15, 0.2) is 24.3 Å². The van der Waals surface area contributed by atoms with Crippen molar-refractivity contribution in [3.05, 3.63) is 29.8 Å². The number of benzene rings is 1. The van der Waals surface area contributed by atoms with Crippen LogP contribution in [0.2, 0.25) is 0 Å². The monoisotopic (exact) mass is 191 g/mol. The number of aryl methyl sites for hydroxylation is 1. The molecule has 2 rings (SSSR count). The van der Waals surface area contributed by atoms with Gasteiger partial charge in [0.05, 0.1) is 5.54 Å². The summed E-state index contributed by atoms with van der Waals surface area (Å²) in [6.07, 6.45) is 1.08. The van der Waals surface area contributed by atoms with Crippen LogP contribution in [0.25, 0.3) is 0 Å². The SMILES string of the molecule is Cc1cccc(OCC2(N)CC2C)c1. The Bertz CT molecular complexity index is 337. The molecule has 2 N–H and O–H groups in total. The molecule has 0 heterocycles. The molecule has 1 saturated carbocycles. The Balaban J connectivity index is 1.92. The highest BCUT2D eigenvalue weighted by Gasteiger charge is 2.48. The lowest BCUT2D eigenvalue weighted by atomic mass is 10.2. The van der Waals surface area contributed by atoms with Crippen LogP contribution in [0.3, 0.4) is 0 Å². The molecule has 1 aliphatic carbocycles. The fraction of sp³-hybridized carbons (Fsp3) is 0.500. The molecule has 0 amide bonds. The van der Waals surface area contributed by atoms with Gasteiger partial charge in [0, 0.05) is 0 Å². The summed E-state index contributed by atoms with van der Waals surface area (Å²) in [5.41, 5.74) is 7.21. The average Bonchev–Trinajstić information content (AvgIpc) is 2.72. The summed E-state index contributed by atoms with van der Waals surface area (Å²) in [7, 11) is 0. The second-order valence-electron chi connectivity index (χ2n) is 4.44. The molecule has 0 spiro atoms. The van der Waals surface area contributed by atoms with E-state index in [4.69, 9.17) is 10.5 Å². The van der Waals surface area contributed by atoms with E-state index in [1.54, 1.807) is 0 Å². The highest BCUT2D eigenvalue weighted by molar-refractivity contribution is 5.27. The van der Waals surface area contributed by atoms with Gasteiger partial charge in [-0.1, -0.05) is 19.1 Å². The van der Waals surface area contributed by atoms with Crippen molar-refractivity contribution in [2.24, 2.45) is 11.7 Å². The lowest BCUT2D eigenvalue weighted by molar-refractivity contribution is 0.271. The van der Waals surface area contributed by atoms with Crippen LogP contribution in [-0.4, -0.2) is 12.1 Å². The molecular formula is C12H17NO. The van der Waals surface area contributed by atoms with E-state index < -0.39 is 0 Å². The maximum atomic E-state index is 6.05. The Labute approximate surface area is 85.1 Å². The zero-order valence-corrected chi connectivity index (χ0v) is 8.79. The van der Waals surface area contributed by atoms with E-state index in [2.05, 4.69) is 19.9 Å². The molecule has 14 heavy (non-hydrogen) atoms. The lowest BCUT2D eigenvalue weighted by Crippen LogP contribution is -2.32. The van der Waals surface area contributed by atoms with Gasteiger partial charge in [0.2, 0.25) is 0 Å². The highest BCUT2D eigenvalue weighted by Crippen LogP contribution is 2.40. The average molecular weight is 191 g/mol. The first kappa shape index (κ1) is 9.53. The van der Waals surface area contributed by atoms with Crippen molar-refractivity contribution < 1.29 is 4.74 Å². The van der Waals surface area contributed by atoms with Gasteiger partial charge in [0.15, 0.2) is 0 Å². The summed E-state index contributed by atoms with van der Waals surface area (Å²) in [4.78, 5) is 0. The van der Waals surface area contributed by atoms with Crippen LogP contribution in [-0.2, 0) is 0 Å². The molecule has 2 heteroatoms. The Morgan fingerprint density at radius 2 is 2.29 bits per heavy atom. The predicted octanol–water partition coefficient (Wildman–Crippen LogP) is 2.11. The Kier molecular flexibility index (Phi) is 2.23. The maximum absolute atomic E-state index is 6.05. The summed E-state index contributed by atoms with van der Waals surface area (Å²) in [5, 5.41) is 0. The van der Waals surface area contributed by atoms with Crippen LogP contribution in [0.4, 0.5) is 0 Å². The number of ether oxygens (including phenoxy) is 1. The highest BCUT2D eigenvalue weighted by atomic mass is 16.5. The summed E-state index contributed by atoms with van der Waals surface area (Å²) in [6, 6.07) is 8.08. The molecule has 0 aromatic heterocycles. The normalized spacial score (nSPS) is 30.1. The standard InChI is InChI=1S/C12H17NO/c1-9-4-3-5-11(6-9)14-8-12(13)7-10(12)2/h3-6,10H,7-8,13H2,1-2H3. The largest absolute Gasteiger partial charge is 0.492 e. The van der Waals surface area contributed by atoms with E-state index in [1.165, 1.54) is 5.56 Å². The third kappa shape index (κ3) is 1.90. The van der Waals surface area contributed by atoms with Crippen molar-refractivity contribution in [3.8, 4) is 5.75 Å². The summed E-state index contributed by atoms with van der Waals surface area (Å²) < 4.78 is 5.66. The molecule has 0 aliphatic heterocycles. The van der Waals surface area contributed by atoms with Crippen molar-refractivity contribution in [1.82, 2.24) is 0 Å². The van der Waals surface area contributed by atoms with Gasteiger partial charge in [-0.2, -0.15) is 0 Å². The summed E-state index contributed by atoms with van der Waals surface area (Å²) in [5.74, 6) is 1.53. The predicted molar refractivity (Wildman–Crippen MR) is 57.4 cm³/mol. The van der Waals surface area contributed by atoms with Gasteiger partial charge < -0.3 is 10.5 Å². The van der Waals surface area contributed by atoms with E-state index in [0.29, 0.717) is 12.5 Å². The van der Waals surface area contributed by atoms with Crippen LogP contribution in [0.5, 0.6) is 5.75 Å². The lowest BCUT2D eigenvalue weighted by Gasteiger charge is -2.12. The summed E-state index contributed by atoms with van der Waals surface area (Å²) >= 11 is 0. The second-order valence-corrected chi connectivity index (χ2v) is 4.44. The van der Waals surface area contributed by atoms with E-state index in [-0.39, 0.29) is 5.54 Å². The van der Waals surface area contributed by atoms with Crippen LogP contribution < -0.4 is 10.5 Å². The van der Waals surface area contributed by atoms with Gasteiger partial charge in [-0.3, -0.25) is 0 Å². The van der Waals surface area contributed by atoms with E-state index >= 15 is 0 Å². The molecule has 1 aromatic rings. The first-order valence-corrected chi connectivity index (χ1v) is 5.08.